The molecule has 3 fully saturated rings. The first-order chi connectivity index (χ1) is 8.93. The average molecular weight is 251 g/mol. The molecule has 104 valence electrons. The SMILES string of the molecule is C1CCN(NC2CCCCC2C2CCCN2)CC1. The van der Waals surface area contributed by atoms with E-state index in [2.05, 4.69) is 15.8 Å². The number of nitrogens with one attached hydrogen (secondary N) is 2. The smallest absolute Gasteiger partial charge is 0.0258 e. The van der Waals surface area contributed by atoms with Crippen LogP contribution in [-0.4, -0.2) is 36.7 Å². The van der Waals surface area contributed by atoms with Crippen molar-refractivity contribution in [3.8, 4) is 0 Å². The molecule has 3 heteroatoms. The second-order valence-electron chi connectivity index (χ2n) is 6.43. The Bertz CT molecular complexity index is 244. The first kappa shape index (κ1) is 12.9. The predicted octanol–water partition coefficient (Wildman–Crippen LogP) is 2.29. The lowest BCUT2D eigenvalue weighted by molar-refractivity contribution is 0.0789. The molecule has 3 unspecified atom stereocenters. The Balaban J connectivity index is 1.56. The first-order valence-electron chi connectivity index (χ1n) is 8.18. The topological polar surface area (TPSA) is 27.3 Å². The fraction of sp³-hybridized carbons (Fsp3) is 1.00. The summed E-state index contributed by atoms with van der Waals surface area (Å²) in [5.74, 6) is 0.878. The van der Waals surface area contributed by atoms with Crippen molar-refractivity contribution in [3.63, 3.8) is 0 Å². The summed E-state index contributed by atoms with van der Waals surface area (Å²) in [5.41, 5.74) is 3.88. The Labute approximate surface area is 112 Å². The normalized spacial score (nSPS) is 39.0. The van der Waals surface area contributed by atoms with Crippen LogP contribution in [-0.2, 0) is 0 Å². The zero-order valence-electron chi connectivity index (χ0n) is 11.7. The number of hydrogen-bond donors (Lipinski definition) is 2. The maximum atomic E-state index is 3.88. The standard InChI is InChI=1S/C15H29N3/c1-4-11-18(12-5-1)17-15-8-3-2-7-13(15)14-9-6-10-16-14/h13-17H,1-12H2. The van der Waals surface area contributed by atoms with Gasteiger partial charge in [-0.3, -0.25) is 5.43 Å². The van der Waals surface area contributed by atoms with Gasteiger partial charge >= 0.3 is 0 Å². The minimum Gasteiger partial charge on any atom is -0.314 e. The van der Waals surface area contributed by atoms with Gasteiger partial charge in [0.1, 0.15) is 0 Å². The van der Waals surface area contributed by atoms with Crippen LogP contribution in [0.25, 0.3) is 0 Å². The van der Waals surface area contributed by atoms with Crippen molar-refractivity contribution in [2.24, 2.45) is 5.92 Å². The van der Waals surface area contributed by atoms with E-state index in [-0.39, 0.29) is 0 Å². The largest absolute Gasteiger partial charge is 0.314 e. The molecule has 2 aliphatic heterocycles. The van der Waals surface area contributed by atoms with Crippen LogP contribution in [0.1, 0.15) is 57.8 Å². The molecule has 3 rings (SSSR count). The van der Waals surface area contributed by atoms with Crippen molar-refractivity contribution in [1.29, 1.82) is 0 Å². The van der Waals surface area contributed by atoms with Crippen molar-refractivity contribution in [3.05, 3.63) is 0 Å². The van der Waals surface area contributed by atoms with E-state index in [0.29, 0.717) is 0 Å². The van der Waals surface area contributed by atoms with E-state index in [9.17, 15) is 0 Å². The molecular formula is C15H29N3. The quantitative estimate of drug-likeness (QED) is 0.806. The number of nitrogens with zero attached hydrogens (tertiary/aromatic N) is 1. The van der Waals surface area contributed by atoms with Crippen LogP contribution < -0.4 is 10.7 Å². The van der Waals surface area contributed by atoms with Crippen LogP contribution in [0.2, 0.25) is 0 Å². The summed E-state index contributed by atoms with van der Waals surface area (Å²) in [5, 5.41) is 6.25. The minimum atomic E-state index is 0.743. The molecular weight excluding hydrogens is 222 g/mol. The van der Waals surface area contributed by atoms with Crippen LogP contribution >= 0.6 is 0 Å². The third kappa shape index (κ3) is 3.06. The van der Waals surface area contributed by atoms with Gasteiger partial charge in [-0.25, -0.2) is 5.01 Å². The molecule has 1 saturated carbocycles. The molecule has 2 heterocycles. The number of hydrazine groups is 1. The van der Waals surface area contributed by atoms with Crippen molar-refractivity contribution < 1.29 is 0 Å². The zero-order chi connectivity index (χ0) is 12.2. The highest BCUT2D eigenvalue weighted by Gasteiger charge is 2.34. The molecule has 18 heavy (non-hydrogen) atoms. The molecule has 3 aliphatic rings. The van der Waals surface area contributed by atoms with Gasteiger partial charge in [0.05, 0.1) is 0 Å². The lowest BCUT2D eigenvalue weighted by Crippen LogP contribution is -2.54. The zero-order valence-corrected chi connectivity index (χ0v) is 11.7. The van der Waals surface area contributed by atoms with Gasteiger partial charge in [0, 0.05) is 25.2 Å². The summed E-state index contributed by atoms with van der Waals surface area (Å²) >= 11 is 0. The Kier molecular flexibility index (Phi) is 4.55. The minimum absolute atomic E-state index is 0.743. The van der Waals surface area contributed by atoms with Gasteiger partial charge in [-0.05, 0) is 51.0 Å². The molecule has 3 atom stereocenters. The number of hydrogen-bond acceptors (Lipinski definition) is 3. The third-order valence-corrected chi connectivity index (χ3v) is 5.14. The molecule has 0 aromatic carbocycles. The van der Waals surface area contributed by atoms with Crippen molar-refractivity contribution >= 4 is 0 Å². The second kappa shape index (κ2) is 6.36. The van der Waals surface area contributed by atoms with E-state index in [1.54, 1.807) is 0 Å². The van der Waals surface area contributed by atoms with Crippen molar-refractivity contribution in [2.45, 2.75) is 69.9 Å². The Morgan fingerprint density at radius 1 is 0.833 bits per heavy atom. The molecule has 2 N–H and O–H groups in total. The monoisotopic (exact) mass is 251 g/mol. The molecule has 1 aliphatic carbocycles. The van der Waals surface area contributed by atoms with Crippen LogP contribution in [0.3, 0.4) is 0 Å². The fourth-order valence-corrected chi connectivity index (χ4v) is 4.14. The highest BCUT2D eigenvalue weighted by atomic mass is 15.5. The van der Waals surface area contributed by atoms with Crippen molar-refractivity contribution in [2.75, 3.05) is 19.6 Å². The maximum absolute atomic E-state index is 3.88. The van der Waals surface area contributed by atoms with E-state index in [1.165, 1.54) is 77.4 Å². The second-order valence-corrected chi connectivity index (χ2v) is 6.43. The van der Waals surface area contributed by atoms with E-state index >= 15 is 0 Å². The van der Waals surface area contributed by atoms with Crippen molar-refractivity contribution in [1.82, 2.24) is 15.8 Å². The molecule has 2 saturated heterocycles. The highest BCUT2D eigenvalue weighted by Crippen LogP contribution is 2.31. The Morgan fingerprint density at radius 2 is 1.67 bits per heavy atom. The Morgan fingerprint density at radius 3 is 2.44 bits per heavy atom. The Hall–Kier alpha value is -0.120. The fourth-order valence-electron chi connectivity index (χ4n) is 4.14. The van der Waals surface area contributed by atoms with Crippen LogP contribution in [0.15, 0.2) is 0 Å². The molecule has 0 spiro atoms. The molecule has 0 amide bonds. The van der Waals surface area contributed by atoms with Crippen LogP contribution in [0, 0.1) is 5.92 Å². The molecule has 0 radical (unpaired) electrons. The van der Waals surface area contributed by atoms with Gasteiger partial charge in [-0.1, -0.05) is 19.3 Å². The molecule has 0 aromatic rings. The summed E-state index contributed by atoms with van der Waals surface area (Å²) in [7, 11) is 0. The lowest BCUT2D eigenvalue weighted by atomic mass is 9.79. The van der Waals surface area contributed by atoms with E-state index < -0.39 is 0 Å². The van der Waals surface area contributed by atoms with E-state index in [4.69, 9.17) is 0 Å². The third-order valence-electron chi connectivity index (χ3n) is 5.14. The number of piperidine rings is 1. The maximum Gasteiger partial charge on any atom is 0.0258 e. The van der Waals surface area contributed by atoms with Gasteiger partial charge in [0.15, 0.2) is 0 Å². The lowest BCUT2D eigenvalue weighted by Gasteiger charge is -2.40. The molecule has 0 bridgehead atoms. The number of rotatable bonds is 3. The average Bonchev–Trinajstić information content (AvgIpc) is 2.94. The van der Waals surface area contributed by atoms with Gasteiger partial charge in [-0.15, -0.1) is 0 Å². The van der Waals surface area contributed by atoms with Gasteiger partial charge in [0.2, 0.25) is 0 Å². The van der Waals surface area contributed by atoms with E-state index in [1.807, 2.05) is 0 Å². The van der Waals surface area contributed by atoms with Crippen LogP contribution in [0.4, 0.5) is 0 Å². The van der Waals surface area contributed by atoms with Gasteiger partial charge in [0.25, 0.3) is 0 Å². The van der Waals surface area contributed by atoms with E-state index in [0.717, 1.165) is 18.0 Å². The molecule has 3 nitrogen and oxygen atoms in total. The first-order valence-corrected chi connectivity index (χ1v) is 8.18. The van der Waals surface area contributed by atoms with Gasteiger partial charge < -0.3 is 5.32 Å². The summed E-state index contributed by atoms with van der Waals surface area (Å²) in [6.07, 6.45) is 12.7. The summed E-state index contributed by atoms with van der Waals surface area (Å²) < 4.78 is 0. The molecule has 0 aromatic heterocycles. The predicted molar refractivity (Wildman–Crippen MR) is 75.3 cm³/mol. The van der Waals surface area contributed by atoms with Crippen LogP contribution in [0.5, 0.6) is 0 Å². The summed E-state index contributed by atoms with van der Waals surface area (Å²) in [6, 6.07) is 1.54. The highest BCUT2D eigenvalue weighted by molar-refractivity contribution is 4.91. The van der Waals surface area contributed by atoms with Gasteiger partial charge in [-0.2, -0.15) is 0 Å². The summed E-state index contributed by atoms with van der Waals surface area (Å²) in [4.78, 5) is 0. The summed E-state index contributed by atoms with van der Waals surface area (Å²) in [6.45, 7) is 3.78.